The smallest absolute Gasteiger partial charge is 0.307 e. The molecule has 5 heteroatoms. The Morgan fingerprint density at radius 3 is 2.61 bits per heavy atom. The SMILES string of the molecule is CC#CC(CC(=O)OC)c1ccc(OCc2cccc(C3=CCC4(CC3)OCCO4)c2)cc1. The zero-order valence-electron chi connectivity index (χ0n) is 19.3. The molecule has 1 aliphatic carbocycles. The number of allylic oxidation sites excluding steroid dienone is 1. The van der Waals surface area contributed by atoms with Gasteiger partial charge in [0.1, 0.15) is 12.4 Å². The van der Waals surface area contributed by atoms with Crippen LogP contribution in [0.25, 0.3) is 5.57 Å². The molecule has 33 heavy (non-hydrogen) atoms. The molecule has 2 aliphatic rings. The standard InChI is InChI=1S/C28H30O5/c1-3-5-24(19-27(29)30-2)22-8-10-26(11-9-22)31-20-21-6-4-7-25(18-21)23-12-14-28(15-13-23)32-16-17-33-28/h4,6-12,18,24H,13-17,19-20H2,1-2H3. The third kappa shape index (κ3) is 5.84. The third-order valence-electron chi connectivity index (χ3n) is 6.15. The Kier molecular flexibility index (Phi) is 7.49. The van der Waals surface area contributed by atoms with Crippen LogP contribution in [0, 0.1) is 11.8 Å². The van der Waals surface area contributed by atoms with Crippen LogP contribution in [0.15, 0.2) is 54.6 Å². The molecular weight excluding hydrogens is 416 g/mol. The topological polar surface area (TPSA) is 54.0 Å². The van der Waals surface area contributed by atoms with Crippen molar-refractivity contribution in [2.45, 2.75) is 50.9 Å². The molecule has 172 valence electrons. The van der Waals surface area contributed by atoms with Crippen molar-refractivity contribution in [2.75, 3.05) is 20.3 Å². The Morgan fingerprint density at radius 1 is 1.15 bits per heavy atom. The number of methoxy groups -OCH3 is 1. The zero-order chi connectivity index (χ0) is 23.1. The average molecular weight is 447 g/mol. The van der Waals surface area contributed by atoms with Gasteiger partial charge in [-0.05, 0) is 53.8 Å². The second kappa shape index (κ2) is 10.7. The van der Waals surface area contributed by atoms with Gasteiger partial charge in [0.2, 0.25) is 0 Å². The van der Waals surface area contributed by atoms with Crippen LogP contribution in [0.5, 0.6) is 5.75 Å². The van der Waals surface area contributed by atoms with Crippen molar-refractivity contribution in [3.8, 4) is 17.6 Å². The van der Waals surface area contributed by atoms with E-state index in [0.29, 0.717) is 19.8 Å². The number of carbonyl (C=O) groups excluding carboxylic acids is 1. The predicted octanol–water partition coefficient (Wildman–Crippen LogP) is 5.25. The molecule has 1 unspecified atom stereocenters. The summed E-state index contributed by atoms with van der Waals surface area (Å²) in [5, 5.41) is 0. The summed E-state index contributed by atoms with van der Waals surface area (Å²) in [4.78, 5) is 11.7. The molecule has 1 fully saturated rings. The number of rotatable bonds is 7. The molecule has 1 saturated heterocycles. The number of benzene rings is 2. The minimum absolute atomic E-state index is 0.184. The van der Waals surface area contributed by atoms with Crippen LogP contribution in [0.1, 0.15) is 55.2 Å². The van der Waals surface area contributed by atoms with Crippen molar-refractivity contribution >= 4 is 11.5 Å². The quantitative estimate of drug-likeness (QED) is 0.430. The normalized spacial score (nSPS) is 17.6. The summed E-state index contributed by atoms with van der Waals surface area (Å²) < 4.78 is 22.5. The van der Waals surface area contributed by atoms with Crippen LogP contribution in [-0.2, 0) is 25.6 Å². The molecule has 1 aliphatic heterocycles. The maximum atomic E-state index is 11.7. The van der Waals surface area contributed by atoms with Crippen molar-refractivity contribution in [1.82, 2.24) is 0 Å². The van der Waals surface area contributed by atoms with Crippen molar-refractivity contribution in [2.24, 2.45) is 0 Å². The lowest BCUT2D eigenvalue weighted by molar-refractivity contribution is -0.159. The lowest BCUT2D eigenvalue weighted by Crippen LogP contribution is -2.31. The van der Waals surface area contributed by atoms with Crippen LogP contribution >= 0.6 is 0 Å². The minimum atomic E-state index is -0.394. The van der Waals surface area contributed by atoms with E-state index >= 15 is 0 Å². The molecule has 0 radical (unpaired) electrons. The zero-order valence-corrected chi connectivity index (χ0v) is 19.3. The fraction of sp³-hybridized carbons (Fsp3) is 0.393. The first-order valence-corrected chi connectivity index (χ1v) is 11.4. The van der Waals surface area contributed by atoms with Crippen molar-refractivity contribution < 1.29 is 23.7 Å². The molecular formula is C28H30O5. The average Bonchev–Trinajstić information content (AvgIpc) is 3.31. The fourth-order valence-electron chi connectivity index (χ4n) is 4.33. The second-order valence-electron chi connectivity index (χ2n) is 8.33. The first kappa shape index (κ1) is 23.1. The molecule has 0 bridgehead atoms. The van der Waals surface area contributed by atoms with Crippen molar-refractivity contribution in [3.05, 3.63) is 71.3 Å². The molecule has 2 aromatic carbocycles. The molecule has 1 heterocycles. The van der Waals surface area contributed by atoms with Crippen LogP contribution in [0.3, 0.4) is 0 Å². The largest absolute Gasteiger partial charge is 0.489 e. The van der Waals surface area contributed by atoms with Gasteiger partial charge in [-0.25, -0.2) is 0 Å². The number of ether oxygens (including phenoxy) is 4. The van der Waals surface area contributed by atoms with Crippen molar-refractivity contribution in [1.29, 1.82) is 0 Å². The summed E-state index contributed by atoms with van der Waals surface area (Å²) in [6.45, 7) is 3.63. The molecule has 0 saturated carbocycles. The molecule has 0 N–H and O–H groups in total. The summed E-state index contributed by atoms with van der Waals surface area (Å²) >= 11 is 0. The van der Waals surface area contributed by atoms with E-state index in [4.69, 9.17) is 18.9 Å². The Hall–Kier alpha value is -3.07. The second-order valence-corrected chi connectivity index (χ2v) is 8.33. The van der Waals surface area contributed by atoms with E-state index in [-0.39, 0.29) is 18.3 Å². The van der Waals surface area contributed by atoms with Gasteiger partial charge in [-0.2, -0.15) is 0 Å². The highest BCUT2D eigenvalue weighted by atomic mass is 16.7. The van der Waals surface area contributed by atoms with E-state index in [1.54, 1.807) is 6.92 Å². The summed E-state index contributed by atoms with van der Waals surface area (Å²) in [6.07, 6.45) is 5.12. The summed E-state index contributed by atoms with van der Waals surface area (Å²) in [5.74, 6) is 5.91. The Balaban J connectivity index is 1.37. The summed E-state index contributed by atoms with van der Waals surface area (Å²) in [6, 6.07) is 16.3. The third-order valence-corrected chi connectivity index (χ3v) is 6.15. The lowest BCUT2D eigenvalue weighted by Gasteiger charge is -2.30. The molecule has 0 aromatic heterocycles. The summed E-state index contributed by atoms with van der Waals surface area (Å²) in [5.41, 5.74) is 4.65. The Labute approximate surface area is 195 Å². The van der Waals surface area contributed by atoms with Gasteiger partial charge < -0.3 is 18.9 Å². The molecule has 2 aromatic rings. The van der Waals surface area contributed by atoms with Gasteiger partial charge in [-0.3, -0.25) is 4.79 Å². The molecule has 0 amide bonds. The monoisotopic (exact) mass is 446 g/mol. The first-order chi connectivity index (χ1) is 16.1. The van der Waals surface area contributed by atoms with Crippen molar-refractivity contribution in [3.63, 3.8) is 0 Å². The predicted molar refractivity (Wildman–Crippen MR) is 127 cm³/mol. The van der Waals surface area contributed by atoms with Gasteiger partial charge in [0, 0.05) is 12.8 Å². The van der Waals surface area contributed by atoms with Crippen LogP contribution in [0.2, 0.25) is 0 Å². The highest BCUT2D eigenvalue weighted by Gasteiger charge is 2.37. The minimum Gasteiger partial charge on any atom is -0.489 e. The number of esters is 1. The van der Waals surface area contributed by atoms with E-state index in [1.165, 1.54) is 18.2 Å². The van der Waals surface area contributed by atoms with Gasteiger partial charge in [-0.15, -0.1) is 5.92 Å². The maximum absolute atomic E-state index is 11.7. The molecule has 1 atom stereocenters. The first-order valence-electron chi connectivity index (χ1n) is 11.4. The number of hydrogen-bond acceptors (Lipinski definition) is 5. The van der Waals surface area contributed by atoms with E-state index in [1.807, 2.05) is 24.3 Å². The van der Waals surface area contributed by atoms with Gasteiger partial charge in [-0.1, -0.05) is 42.3 Å². The van der Waals surface area contributed by atoms with E-state index in [0.717, 1.165) is 36.1 Å². The fourth-order valence-corrected chi connectivity index (χ4v) is 4.33. The van der Waals surface area contributed by atoms with E-state index in [9.17, 15) is 4.79 Å². The highest BCUT2D eigenvalue weighted by Crippen LogP contribution is 2.38. The molecule has 5 nitrogen and oxygen atoms in total. The van der Waals surface area contributed by atoms with Crippen LogP contribution in [-0.4, -0.2) is 32.1 Å². The lowest BCUT2D eigenvalue weighted by atomic mass is 9.89. The molecule has 1 spiro atoms. The van der Waals surface area contributed by atoms with Gasteiger partial charge >= 0.3 is 5.97 Å². The molecule has 4 rings (SSSR count). The van der Waals surface area contributed by atoms with E-state index < -0.39 is 5.79 Å². The van der Waals surface area contributed by atoms with E-state index in [2.05, 4.69) is 42.2 Å². The van der Waals surface area contributed by atoms with Gasteiger partial charge in [0.25, 0.3) is 0 Å². The maximum Gasteiger partial charge on any atom is 0.307 e. The highest BCUT2D eigenvalue weighted by molar-refractivity contribution is 5.71. The summed E-state index contributed by atoms with van der Waals surface area (Å²) in [7, 11) is 1.39. The Morgan fingerprint density at radius 2 is 1.94 bits per heavy atom. The number of hydrogen-bond donors (Lipinski definition) is 0. The van der Waals surface area contributed by atoms with Gasteiger partial charge in [0.05, 0.1) is 32.7 Å². The van der Waals surface area contributed by atoms with Crippen LogP contribution < -0.4 is 4.74 Å². The van der Waals surface area contributed by atoms with Crippen LogP contribution in [0.4, 0.5) is 0 Å². The Bertz CT molecular complexity index is 1050. The van der Waals surface area contributed by atoms with Gasteiger partial charge in [0.15, 0.2) is 5.79 Å². The number of carbonyl (C=O) groups is 1.